The summed E-state index contributed by atoms with van der Waals surface area (Å²) in [6.07, 6.45) is 0.373. The highest BCUT2D eigenvalue weighted by atomic mass is 32.2. The first-order valence-electron chi connectivity index (χ1n) is 6.81. The van der Waals surface area contributed by atoms with Crippen molar-refractivity contribution in [2.24, 2.45) is 0 Å². The summed E-state index contributed by atoms with van der Waals surface area (Å²) in [6.45, 7) is 4.15. The lowest BCUT2D eigenvalue weighted by Crippen LogP contribution is -2.41. The van der Waals surface area contributed by atoms with Gasteiger partial charge in [0, 0.05) is 26.2 Å². The molecule has 6 heteroatoms. The van der Waals surface area contributed by atoms with E-state index >= 15 is 0 Å². The van der Waals surface area contributed by atoms with Crippen molar-refractivity contribution in [3.05, 3.63) is 35.9 Å². The minimum Gasteiger partial charge on any atom is -0.375 e. The van der Waals surface area contributed by atoms with Crippen LogP contribution in [0.5, 0.6) is 0 Å². The van der Waals surface area contributed by atoms with E-state index in [1.807, 2.05) is 30.3 Å². The molecule has 1 fully saturated rings. The minimum atomic E-state index is -4.07. The lowest BCUT2D eigenvalue weighted by atomic mass is 10.2. The van der Waals surface area contributed by atoms with Crippen molar-refractivity contribution in [1.82, 2.24) is 4.90 Å². The van der Waals surface area contributed by atoms with E-state index in [-0.39, 0.29) is 0 Å². The molecule has 0 amide bonds. The second-order valence-electron chi connectivity index (χ2n) is 5.20. The maximum Gasteiger partial charge on any atom is 0.270 e. The molecule has 0 aliphatic carbocycles. The molecular formula is C14H21NO4S. The van der Waals surface area contributed by atoms with Gasteiger partial charge in [0.1, 0.15) is 5.25 Å². The van der Waals surface area contributed by atoms with Gasteiger partial charge < -0.3 is 4.74 Å². The third-order valence-electron chi connectivity index (χ3n) is 3.63. The molecule has 1 aromatic carbocycles. The molecule has 1 aromatic rings. The molecule has 2 atom stereocenters. The van der Waals surface area contributed by atoms with E-state index in [2.05, 4.69) is 4.90 Å². The average molecular weight is 299 g/mol. The summed E-state index contributed by atoms with van der Waals surface area (Å²) in [5.41, 5.74) is 1.19. The maximum atomic E-state index is 11.3. The van der Waals surface area contributed by atoms with E-state index in [0.717, 1.165) is 19.5 Å². The van der Waals surface area contributed by atoms with Gasteiger partial charge in [-0.3, -0.25) is 9.45 Å². The van der Waals surface area contributed by atoms with Crippen molar-refractivity contribution in [1.29, 1.82) is 0 Å². The molecule has 1 heterocycles. The molecule has 0 saturated carbocycles. The Hall–Kier alpha value is -0.950. The van der Waals surface area contributed by atoms with Crippen LogP contribution in [0.2, 0.25) is 0 Å². The molecule has 1 aliphatic rings. The zero-order valence-electron chi connectivity index (χ0n) is 11.6. The Bertz CT molecular complexity index is 517. The molecule has 0 aromatic heterocycles. The number of hydrogen-bond acceptors (Lipinski definition) is 4. The summed E-state index contributed by atoms with van der Waals surface area (Å²) in [5, 5.41) is -0.904. The van der Waals surface area contributed by atoms with Gasteiger partial charge in [-0.2, -0.15) is 8.42 Å². The largest absolute Gasteiger partial charge is 0.375 e. The van der Waals surface area contributed by atoms with E-state index < -0.39 is 21.5 Å². The van der Waals surface area contributed by atoms with Crippen LogP contribution in [-0.4, -0.2) is 48.9 Å². The number of rotatable bonds is 4. The Balaban J connectivity index is 2.04. The molecule has 1 aliphatic heterocycles. The van der Waals surface area contributed by atoms with Crippen LogP contribution in [0.1, 0.15) is 18.9 Å². The Morgan fingerprint density at radius 3 is 2.75 bits per heavy atom. The third kappa shape index (κ3) is 4.28. The molecule has 112 valence electrons. The van der Waals surface area contributed by atoms with Gasteiger partial charge in [0.15, 0.2) is 0 Å². The summed E-state index contributed by atoms with van der Waals surface area (Å²) >= 11 is 0. The van der Waals surface area contributed by atoms with Crippen molar-refractivity contribution >= 4 is 10.1 Å². The summed E-state index contributed by atoms with van der Waals surface area (Å²) in [7, 11) is -4.07. The molecule has 1 saturated heterocycles. The molecule has 0 radical (unpaired) electrons. The first-order valence-corrected chi connectivity index (χ1v) is 8.31. The summed E-state index contributed by atoms with van der Waals surface area (Å²) < 4.78 is 37.3. The van der Waals surface area contributed by atoms with E-state index in [9.17, 15) is 13.0 Å². The van der Waals surface area contributed by atoms with E-state index in [1.165, 1.54) is 12.5 Å². The monoisotopic (exact) mass is 299 g/mol. The zero-order valence-corrected chi connectivity index (χ0v) is 12.4. The first kappa shape index (κ1) is 15.4. The highest BCUT2D eigenvalue weighted by Gasteiger charge is 2.31. The predicted molar refractivity (Wildman–Crippen MR) is 77.1 cm³/mol. The number of hydrogen-bond donors (Lipinski definition) is 1. The second kappa shape index (κ2) is 6.67. The molecule has 1 N–H and O–H groups in total. The van der Waals surface area contributed by atoms with Crippen molar-refractivity contribution in [2.45, 2.75) is 31.2 Å². The van der Waals surface area contributed by atoms with Gasteiger partial charge in [-0.1, -0.05) is 30.3 Å². The fraction of sp³-hybridized carbons (Fsp3) is 0.571. The number of nitrogens with zero attached hydrogens (tertiary/aromatic N) is 1. The van der Waals surface area contributed by atoms with Gasteiger partial charge in [0.05, 0.1) is 6.10 Å². The van der Waals surface area contributed by atoms with Crippen LogP contribution in [0.4, 0.5) is 0 Å². The van der Waals surface area contributed by atoms with E-state index in [4.69, 9.17) is 4.74 Å². The standard InChI is InChI=1S/C14H21NO4S/c1-12(20(16,17)18)14-11-15(8-5-9-19-14)10-13-6-3-2-4-7-13/h2-4,6-7,12,14H,5,8-11H2,1H3,(H,16,17,18). The Morgan fingerprint density at radius 2 is 2.10 bits per heavy atom. The van der Waals surface area contributed by atoms with Crippen LogP contribution < -0.4 is 0 Å². The maximum absolute atomic E-state index is 11.3. The third-order valence-corrected chi connectivity index (χ3v) is 4.87. The minimum absolute atomic E-state index is 0.490. The van der Waals surface area contributed by atoms with Crippen LogP contribution in [-0.2, 0) is 21.4 Å². The van der Waals surface area contributed by atoms with Gasteiger partial charge >= 0.3 is 0 Å². The van der Waals surface area contributed by atoms with Crippen LogP contribution in [0.3, 0.4) is 0 Å². The van der Waals surface area contributed by atoms with Crippen molar-refractivity contribution in [3.8, 4) is 0 Å². The van der Waals surface area contributed by atoms with Gasteiger partial charge in [0.2, 0.25) is 0 Å². The molecule has 0 bridgehead atoms. The van der Waals surface area contributed by atoms with Crippen molar-refractivity contribution in [2.75, 3.05) is 19.7 Å². The molecule has 5 nitrogen and oxygen atoms in total. The van der Waals surface area contributed by atoms with Crippen molar-refractivity contribution < 1.29 is 17.7 Å². The fourth-order valence-electron chi connectivity index (χ4n) is 2.38. The Labute approximate surface area is 120 Å². The van der Waals surface area contributed by atoms with Crippen LogP contribution in [0.25, 0.3) is 0 Å². The van der Waals surface area contributed by atoms with Crippen molar-refractivity contribution in [3.63, 3.8) is 0 Å². The molecule has 0 spiro atoms. The topological polar surface area (TPSA) is 66.8 Å². The Kier molecular flexibility index (Phi) is 5.15. The smallest absolute Gasteiger partial charge is 0.270 e. The normalized spacial score (nSPS) is 23.2. The van der Waals surface area contributed by atoms with Gasteiger partial charge in [-0.25, -0.2) is 0 Å². The average Bonchev–Trinajstić information content (AvgIpc) is 2.63. The zero-order chi connectivity index (χ0) is 14.6. The number of benzene rings is 1. The lowest BCUT2D eigenvalue weighted by molar-refractivity contribution is 0.0517. The lowest BCUT2D eigenvalue weighted by Gasteiger charge is -2.26. The van der Waals surface area contributed by atoms with Gasteiger partial charge in [-0.05, 0) is 18.9 Å². The summed E-state index contributed by atoms with van der Waals surface area (Å²) in [4.78, 5) is 2.18. The van der Waals surface area contributed by atoms with Crippen LogP contribution in [0, 0.1) is 0 Å². The van der Waals surface area contributed by atoms with Crippen LogP contribution >= 0.6 is 0 Å². The van der Waals surface area contributed by atoms with Gasteiger partial charge in [0.25, 0.3) is 10.1 Å². The first-order chi connectivity index (χ1) is 9.47. The molecule has 20 heavy (non-hydrogen) atoms. The summed E-state index contributed by atoms with van der Waals surface area (Å²) in [6, 6.07) is 10.0. The van der Waals surface area contributed by atoms with E-state index in [0.29, 0.717) is 13.2 Å². The highest BCUT2D eigenvalue weighted by molar-refractivity contribution is 7.86. The second-order valence-corrected chi connectivity index (χ2v) is 6.98. The quantitative estimate of drug-likeness (QED) is 0.855. The summed E-state index contributed by atoms with van der Waals surface area (Å²) in [5.74, 6) is 0. The fourth-order valence-corrected chi connectivity index (χ4v) is 2.93. The molecule has 2 unspecified atom stereocenters. The van der Waals surface area contributed by atoms with Crippen LogP contribution in [0.15, 0.2) is 30.3 Å². The Morgan fingerprint density at radius 1 is 1.40 bits per heavy atom. The SMILES string of the molecule is CC(C1CN(Cc2ccccc2)CCCO1)S(=O)(=O)O. The molecular weight excluding hydrogens is 278 g/mol. The van der Waals surface area contributed by atoms with E-state index in [1.54, 1.807) is 0 Å². The van der Waals surface area contributed by atoms with Gasteiger partial charge in [-0.15, -0.1) is 0 Å². The number of ether oxygens (including phenoxy) is 1. The predicted octanol–water partition coefficient (Wildman–Crippen LogP) is 1.55. The highest BCUT2D eigenvalue weighted by Crippen LogP contribution is 2.16. The molecule has 2 rings (SSSR count).